The van der Waals surface area contributed by atoms with Crippen LogP contribution in [0, 0.1) is 6.92 Å². The van der Waals surface area contributed by atoms with Crippen molar-refractivity contribution in [1.29, 1.82) is 0 Å². The number of methoxy groups -OCH3 is 1. The van der Waals surface area contributed by atoms with Gasteiger partial charge in [-0.2, -0.15) is 0 Å². The van der Waals surface area contributed by atoms with Gasteiger partial charge in [-0.1, -0.05) is 11.6 Å². The Hall–Kier alpha value is -2.10. The molecule has 0 fully saturated rings. The van der Waals surface area contributed by atoms with Crippen LogP contribution in [0.2, 0.25) is 0 Å². The second kappa shape index (κ2) is 3.81. The van der Waals surface area contributed by atoms with E-state index in [1.54, 1.807) is 12.1 Å². The Morgan fingerprint density at radius 2 is 2.06 bits per heavy atom. The average molecular weight is 218 g/mol. The summed E-state index contributed by atoms with van der Waals surface area (Å²) in [4.78, 5) is 22.9. The highest BCUT2D eigenvalue weighted by molar-refractivity contribution is 5.88. The van der Waals surface area contributed by atoms with Crippen molar-refractivity contribution in [2.45, 2.75) is 6.92 Å². The molecule has 0 saturated heterocycles. The Morgan fingerprint density at radius 1 is 1.31 bits per heavy atom. The average Bonchev–Trinajstić information content (AvgIpc) is 2.28. The smallest absolute Gasteiger partial charge is 0.374 e. The summed E-state index contributed by atoms with van der Waals surface area (Å²) in [6.07, 6.45) is 0. The molecule has 82 valence electrons. The van der Waals surface area contributed by atoms with Crippen LogP contribution in [0.1, 0.15) is 16.1 Å². The summed E-state index contributed by atoms with van der Waals surface area (Å²) in [7, 11) is 1.24. The number of hydrogen-bond acceptors (Lipinski definition) is 4. The van der Waals surface area contributed by atoms with Crippen LogP contribution in [0.3, 0.4) is 0 Å². The SMILES string of the molecule is COC(=O)c1cc(=O)c2cc(C)ccc2o1. The van der Waals surface area contributed by atoms with Crippen LogP contribution in [-0.2, 0) is 4.74 Å². The molecule has 0 amide bonds. The van der Waals surface area contributed by atoms with Gasteiger partial charge < -0.3 is 9.15 Å². The van der Waals surface area contributed by atoms with E-state index in [0.29, 0.717) is 11.0 Å². The van der Waals surface area contributed by atoms with Crippen LogP contribution < -0.4 is 5.43 Å². The number of benzene rings is 1. The number of hydrogen-bond donors (Lipinski definition) is 0. The molecule has 0 N–H and O–H groups in total. The van der Waals surface area contributed by atoms with Crippen molar-refractivity contribution >= 4 is 16.9 Å². The second-order valence-electron chi connectivity index (χ2n) is 3.47. The lowest BCUT2D eigenvalue weighted by Gasteiger charge is -2.01. The van der Waals surface area contributed by atoms with Gasteiger partial charge in [0.1, 0.15) is 5.58 Å². The molecule has 0 aliphatic carbocycles. The number of rotatable bonds is 1. The fourth-order valence-electron chi connectivity index (χ4n) is 1.47. The standard InChI is InChI=1S/C12H10O4/c1-7-3-4-10-8(5-7)9(13)6-11(16-10)12(14)15-2/h3-6H,1-2H3. The third kappa shape index (κ3) is 1.69. The molecule has 0 saturated carbocycles. The number of aryl methyl sites for hydroxylation is 1. The zero-order chi connectivity index (χ0) is 11.7. The van der Waals surface area contributed by atoms with Gasteiger partial charge in [0.2, 0.25) is 5.76 Å². The van der Waals surface area contributed by atoms with Gasteiger partial charge in [0.15, 0.2) is 5.43 Å². The van der Waals surface area contributed by atoms with Crippen molar-refractivity contribution in [3.8, 4) is 0 Å². The van der Waals surface area contributed by atoms with Gasteiger partial charge in [-0.25, -0.2) is 4.79 Å². The van der Waals surface area contributed by atoms with E-state index in [-0.39, 0.29) is 11.2 Å². The van der Waals surface area contributed by atoms with Gasteiger partial charge in [0, 0.05) is 6.07 Å². The van der Waals surface area contributed by atoms with Crippen molar-refractivity contribution in [3.05, 3.63) is 45.8 Å². The summed E-state index contributed by atoms with van der Waals surface area (Å²) < 4.78 is 9.77. The van der Waals surface area contributed by atoms with Crippen LogP contribution >= 0.6 is 0 Å². The Kier molecular flexibility index (Phi) is 2.48. The lowest BCUT2D eigenvalue weighted by molar-refractivity contribution is 0.0565. The zero-order valence-electron chi connectivity index (χ0n) is 8.94. The predicted molar refractivity (Wildman–Crippen MR) is 58.6 cm³/mol. The molecule has 1 aromatic carbocycles. The zero-order valence-corrected chi connectivity index (χ0v) is 8.94. The van der Waals surface area contributed by atoms with Gasteiger partial charge >= 0.3 is 5.97 Å². The van der Waals surface area contributed by atoms with Gasteiger partial charge in [0.25, 0.3) is 0 Å². The molecule has 2 rings (SSSR count). The van der Waals surface area contributed by atoms with Crippen molar-refractivity contribution in [3.63, 3.8) is 0 Å². The molecule has 0 unspecified atom stereocenters. The highest BCUT2D eigenvalue weighted by Gasteiger charge is 2.12. The predicted octanol–water partition coefficient (Wildman–Crippen LogP) is 1.89. The Balaban J connectivity index is 2.73. The summed E-state index contributed by atoms with van der Waals surface area (Å²) in [5.74, 6) is -0.733. The summed E-state index contributed by atoms with van der Waals surface area (Å²) in [5.41, 5.74) is 1.11. The van der Waals surface area contributed by atoms with Crippen LogP contribution in [-0.4, -0.2) is 13.1 Å². The molecule has 0 aliphatic heterocycles. The van der Waals surface area contributed by atoms with Gasteiger partial charge in [-0.3, -0.25) is 4.79 Å². The van der Waals surface area contributed by atoms with E-state index < -0.39 is 5.97 Å². The van der Waals surface area contributed by atoms with Gasteiger partial charge in [-0.05, 0) is 19.1 Å². The Labute approximate surface area is 91.4 Å². The van der Waals surface area contributed by atoms with Crippen LogP contribution in [0.4, 0.5) is 0 Å². The van der Waals surface area contributed by atoms with Gasteiger partial charge in [0.05, 0.1) is 12.5 Å². The quantitative estimate of drug-likeness (QED) is 0.686. The summed E-state index contributed by atoms with van der Waals surface area (Å²) >= 11 is 0. The maximum atomic E-state index is 11.7. The highest BCUT2D eigenvalue weighted by atomic mass is 16.5. The fourth-order valence-corrected chi connectivity index (χ4v) is 1.47. The second-order valence-corrected chi connectivity index (χ2v) is 3.47. The van der Waals surface area contributed by atoms with Crippen LogP contribution in [0.5, 0.6) is 0 Å². The molecule has 2 aromatic rings. The van der Waals surface area contributed by atoms with Crippen molar-refractivity contribution < 1.29 is 13.9 Å². The molecule has 16 heavy (non-hydrogen) atoms. The normalized spacial score (nSPS) is 10.4. The van der Waals surface area contributed by atoms with E-state index in [0.717, 1.165) is 11.6 Å². The molecule has 0 atom stereocenters. The Bertz CT molecular complexity index is 610. The summed E-state index contributed by atoms with van der Waals surface area (Å²) in [6.45, 7) is 1.88. The Morgan fingerprint density at radius 3 is 2.75 bits per heavy atom. The first-order valence-electron chi connectivity index (χ1n) is 4.74. The summed E-state index contributed by atoms with van der Waals surface area (Å²) in [6, 6.07) is 6.35. The van der Waals surface area contributed by atoms with E-state index in [1.807, 2.05) is 13.0 Å². The minimum Gasteiger partial charge on any atom is -0.463 e. The minimum atomic E-state index is -0.653. The number of fused-ring (bicyclic) bond motifs is 1. The third-order valence-corrected chi connectivity index (χ3v) is 2.27. The number of esters is 1. The molecule has 0 spiro atoms. The molecule has 4 nitrogen and oxygen atoms in total. The maximum Gasteiger partial charge on any atom is 0.374 e. The van der Waals surface area contributed by atoms with E-state index in [2.05, 4.69) is 4.74 Å². The third-order valence-electron chi connectivity index (χ3n) is 2.27. The number of carbonyl (C=O) groups excluding carboxylic acids is 1. The number of carbonyl (C=O) groups is 1. The van der Waals surface area contributed by atoms with Crippen LogP contribution in [0.25, 0.3) is 11.0 Å². The minimum absolute atomic E-state index is 0.0798. The first-order valence-corrected chi connectivity index (χ1v) is 4.74. The molecule has 1 aromatic heterocycles. The largest absolute Gasteiger partial charge is 0.463 e. The molecular weight excluding hydrogens is 208 g/mol. The monoisotopic (exact) mass is 218 g/mol. The van der Waals surface area contributed by atoms with Crippen molar-refractivity contribution in [2.75, 3.05) is 7.11 Å². The summed E-state index contributed by atoms with van der Waals surface area (Å²) in [5, 5.41) is 0.465. The van der Waals surface area contributed by atoms with Gasteiger partial charge in [-0.15, -0.1) is 0 Å². The molecule has 1 heterocycles. The topological polar surface area (TPSA) is 56.5 Å². The fraction of sp³-hybridized carbons (Fsp3) is 0.167. The van der Waals surface area contributed by atoms with Crippen molar-refractivity contribution in [1.82, 2.24) is 0 Å². The lowest BCUT2D eigenvalue weighted by atomic mass is 10.1. The van der Waals surface area contributed by atoms with Crippen molar-refractivity contribution in [2.24, 2.45) is 0 Å². The first-order chi connectivity index (χ1) is 7.61. The van der Waals surface area contributed by atoms with E-state index in [4.69, 9.17) is 4.42 Å². The number of ether oxygens (including phenoxy) is 1. The lowest BCUT2D eigenvalue weighted by Crippen LogP contribution is -2.08. The molecule has 0 aliphatic rings. The maximum absolute atomic E-state index is 11.7. The molecular formula is C12H10O4. The van der Waals surface area contributed by atoms with E-state index in [1.165, 1.54) is 7.11 Å². The van der Waals surface area contributed by atoms with Crippen LogP contribution in [0.15, 0.2) is 33.5 Å². The molecule has 4 heteroatoms. The molecule has 0 radical (unpaired) electrons. The molecule has 0 bridgehead atoms. The highest BCUT2D eigenvalue weighted by Crippen LogP contribution is 2.14. The first kappa shape index (κ1) is 10.4. The van der Waals surface area contributed by atoms with E-state index in [9.17, 15) is 9.59 Å². The van der Waals surface area contributed by atoms with E-state index >= 15 is 0 Å².